The van der Waals surface area contributed by atoms with E-state index in [2.05, 4.69) is 26.2 Å². The third-order valence-electron chi connectivity index (χ3n) is 5.15. The zero-order valence-corrected chi connectivity index (χ0v) is 20.4. The van der Waals surface area contributed by atoms with E-state index in [1.807, 2.05) is 0 Å². The van der Waals surface area contributed by atoms with Crippen molar-refractivity contribution in [2.24, 2.45) is 0 Å². The second kappa shape index (κ2) is 11.5. The number of aromatic nitrogens is 4. The molecule has 10 nitrogen and oxygen atoms in total. The number of carbonyl (C=O) groups is 3. The highest BCUT2D eigenvalue weighted by atomic mass is 35.5. The second-order valence-electron chi connectivity index (χ2n) is 7.63. The highest BCUT2D eigenvalue weighted by molar-refractivity contribution is 6.33. The topological polar surface area (TPSA) is 139 Å². The van der Waals surface area contributed by atoms with Crippen molar-refractivity contribution < 1.29 is 19.5 Å². The van der Waals surface area contributed by atoms with Crippen molar-refractivity contribution in [2.45, 2.75) is 6.04 Å². The molecule has 1 aromatic heterocycles. The molecular formula is C25H18Cl2N6O4. The molecule has 4 aromatic rings. The Balaban J connectivity index is 1.55. The average Bonchev–Trinajstić information content (AvgIpc) is 3.41. The number of carboxylic acids is 1. The zero-order chi connectivity index (χ0) is 26.4. The number of anilines is 1. The first-order valence-electron chi connectivity index (χ1n) is 10.7. The molecule has 1 atom stereocenters. The van der Waals surface area contributed by atoms with Crippen LogP contribution in [0.4, 0.5) is 5.69 Å². The van der Waals surface area contributed by atoms with Gasteiger partial charge in [-0.15, -0.1) is 5.10 Å². The van der Waals surface area contributed by atoms with E-state index in [9.17, 15) is 14.4 Å². The van der Waals surface area contributed by atoms with Gasteiger partial charge in [0.1, 0.15) is 12.4 Å². The fourth-order valence-electron chi connectivity index (χ4n) is 3.42. The molecule has 2 amide bonds. The minimum atomic E-state index is -1.19. The molecule has 0 aliphatic rings. The largest absolute Gasteiger partial charge is 0.478 e. The smallest absolute Gasteiger partial charge is 0.337 e. The first kappa shape index (κ1) is 25.5. The number of carboxylic acid groups (broad SMARTS) is 1. The number of carbonyl (C=O) groups excluding carboxylic acids is 2. The maximum absolute atomic E-state index is 13.2. The highest BCUT2D eigenvalue weighted by Gasteiger charge is 2.22. The number of halogens is 2. The Morgan fingerprint density at radius 3 is 2.46 bits per heavy atom. The van der Waals surface area contributed by atoms with E-state index in [-0.39, 0.29) is 16.3 Å². The Morgan fingerprint density at radius 2 is 1.78 bits per heavy atom. The number of benzene rings is 3. The van der Waals surface area contributed by atoms with Crippen LogP contribution in [0, 0.1) is 0 Å². The van der Waals surface area contributed by atoms with Gasteiger partial charge in [-0.25, -0.2) is 4.79 Å². The number of nitrogens with one attached hydrogen (secondary N) is 2. The molecule has 0 saturated carbocycles. The monoisotopic (exact) mass is 536 g/mol. The molecule has 0 saturated heterocycles. The maximum atomic E-state index is 13.2. The van der Waals surface area contributed by atoms with Gasteiger partial charge in [0.2, 0.25) is 5.91 Å². The minimum Gasteiger partial charge on any atom is -0.478 e. The number of tetrazole rings is 1. The molecule has 0 aliphatic carbocycles. The van der Waals surface area contributed by atoms with Gasteiger partial charge in [-0.05, 0) is 58.5 Å². The van der Waals surface area contributed by atoms with Crippen LogP contribution in [-0.2, 0) is 9.59 Å². The van der Waals surface area contributed by atoms with Crippen molar-refractivity contribution in [2.75, 3.05) is 5.32 Å². The van der Waals surface area contributed by atoms with Gasteiger partial charge < -0.3 is 15.7 Å². The molecule has 4 rings (SSSR count). The average molecular weight is 537 g/mol. The normalized spacial score (nSPS) is 11.7. The highest BCUT2D eigenvalue weighted by Crippen LogP contribution is 2.23. The third-order valence-corrected chi connectivity index (χ3v) is 5.70. The number of hydrogen-bond acceptors (Lipinski definition) is 6. The van der Waals surface area contributed by atoms with E-state index in [0.29, 0.717) is 21.8 Å². The van der Waals surface area contributed by atoms with E-state index in [1.165, 1.54) is 41.4 Å². The Morgan fingerprint density at radius 1 is 1.00 bits per heavy atom. The molecule has 0 spiro atoms. The Labute approximate surface area is 220 Å². The molecule has 1 unspecified atom stereocenters. The van der Waals surface area contributed by atoms with Crippen LogP contribution >= 0.6 is 23.2 Å². The molecular weight excluding hydrogens is 519 g/mol. The predicted molar refractivity (Wildman–Crippen MR) is 138 cm³/mol. The quantitative estimate of drug-likeness (QED) is 0.287. The predicted octanol–water partition coefficient (Wildman–Crippen LogP) is 4.18. The van der Waals surface area contributed by atoms with Gasteiger partial charge in [0.15, 0.2) is 0 Å². The first-order valence-corrected chi connectivity index (χ1v) is 11.5. The van der Waals surface area contributed by atoms with Gasteiger partial charge in [0.25, 0.3) is 5.91 Å². The molecule has 1 heterocycles. The van der Waals surface area contributed by atoms with E-state index in [1.54, 1.807) is 48.5 Å². The molecule has 12 heteroatoms. The van der Waals surface area contributed by atoms with Gasteiger partial charge in [-0.3, -0.25) is 9.59 Å². The lowest BCUT2D eigenvalue weighted by Crippen LogP contribution is -2.36. The maximum Gasteiger partial charge on any atom is 0.337 e. The van der Waals surface area contributed by atoms with Crippen LogP contribution < -0.4 is 10.6 Å². The zero-order valence-electron chi connectivity index (χ0n) is 18.9. The number of hydrogen-bond donors (Lipinski definition) is 3. The molecule has 0 bridgehead atoms. The van der Waals surface area contributed by atoms with Crippen molar-refractivity contribution in [3.8, 4) is 5.69 Å². The van der Waals surface area contributed by atoms with Crippen molar-refractivity contribution in [3.05, 3.63) is 106 Å². The second-order valence-corrected chi connectivity index (χ2v) is 8.48. The summed E-state index contributed by atoms with van der Waals surface area (Å²) in [6, 6.07) is 16.6. The molecule has 0 fully saturated rings. The summed E-state index contributed by atoms with van der Waals surface area (Å²) >= 11 is 12.1. The van der Waals surface area contributed by atoms with Crippen molar-refractivity contribution in [3.63, 3.8) is 0 Å². The molecule has 3 N–H and O–H groups in total. The van der Waals surface area contributed by atoms with Crippen LogP contribution in [0.15, 0.2) is 79.1 Å². The summed E-state index contributed by atoms with van der Waals surface area (Å²) in [5.74, 6) is -2.29. The van der Waals surface area contributed by atoms with Crippen molar-refractivity contribution in [1.29, 1.82) is 0 Å². The lowest BCUT2D eigenvalue weighted by molar-refractivity contribution is -0.123. The standard InChI is InChI=1S/C25H18Cl2N6O4/c26-17-7-10-21(33-14-28-31-32-33)16(12-17)6-11-22(34)30-23(15-4-2-1-3-5-15)24(35)29-18-8-9-19(25(36)37)20(27)13-18/h1-14,23H,(H,29,35)(H,30,34)(H,36,37)/b11-6+. The number of rotatable bonds is 8. The Hall–Kier alpha value is -4.54. The number of aromatic carboxylic acids is 1. The summed E-state index contributed by atoms with van der Waals surface area (Å²) in [6.45, 7) is 0. The van der Waals surface area contributed by atoms with Crippen LogP contribution in [0.5, 0.6) is 0 Å². The van der Waals surface area contributed by atoms with Crippen LogP contribution in [0.2, 0.25) is 10.0 Å². The van der Waals surface area contributed by atoms with Gasteiger partial charge in [0.05, 0.1) is 16.3 Å². The lowest BCUT2D eigenvalue weighted by atomic mass is 10.1. The van der Waals surface area contributed by atoms with Crippen LogP contribution in [0.25, 0.3) is 11.8 Å². The van der Waals surface area contributed by atoms with Crippen molar-refractivity contribution in [1.82, 2.24) is 25.5 Å². The SMILES string of the molecule is O=C(/C=C/c1cc(Cl)ccc1-n1cnnn1)NC(C(=O)Nc1ccc(C(=O)O)c(Cl)c1)c1ccccc1. The van der Waals surface area contributed by atoms with Gasteiger partial charge >= 0.3 is 5.97 Å². The Bertz CT molecular complexity index is 1480. The fourth-order valence-corrected chi connectivity index (χ4v) is 3.86. The summed E-state index contributed by atoms with van der Waals surface area (Å²) in [4.78, 5) is 37.2. The summed E-state index contributed by atoms with van der Waals surface area (Å²) in [7, 11) is 0. The van der Waals surface area contributed by atoms with Gasteiger partial charge in [-0.1, -0.05) is 53.5 Å². The fraction of sp³-hybridized carbons (Fsp3) is 0.0400. The molecule has 0 radical (unpaired) electrons. The lowest BCUT2D eigenvalue weighted by Gasteiger charge is -2.18. The minimum absolute atomic E-state index is 0.0339. The number of nitrogens with zero attached hydrogens (tertiary/aromatic N) is 4. The van der Waals surface area contributed by atoms with Crippen molar-refractivity contribution >= 4 is 52.7 Å². The molecule has 186 valence electrons. The van der Waals surface area contributed by atoms with Crippen LogP contribution in [0.3, 0.4) is 0 Å². The molecule has 3 aromatic carbocycles. The Kier molecular flexibility index (Phi) is 7.92. The summed E-state index contributed by atoms with van der Waals surface area (Å²) < 4.78 is 1.43. The van der Waals surface area contributed by atoms with Gasteiger partial charge in [0, 0.05) is 22.3 Å². The molecule has 0 aliphatic heterocycles. The summed E-state index contributed by atoms with van der Waals surface area (Å²) in [5.41, 5.74) is 1.88. The van der Waals surface area contributed by atoms with Gasteiger partial charge in [-0.2, -0.15) is 4.68 Å². The van der Waals surface area contributed by atoms with E-state index >= 15 is 0 Å². The summed E-state index contributed by atoms with van der Waals surface area (Å²) in [6.07, 6.45) is 4.20. The first-order chi connectivity index (χ1) is 17.8. The van der Waals surface area contributed by atoms with E-state index in [4.69, 9.17) is 28.3 Å². The van der Waals surface area contributed by atoms with E-state index < -0.39 is 23.8 Å². The molecule has 37 heavy (non-hydrogen) atoms. The van der Waals surface area contributed by atoms with Crippen LogP contribution in [0.1, 0.15) is 27.5 Å². The van der Waals surface area contributed by atoms with Crippen LogP contribution in [-0.4, -0.2) is 43.1 Å². The summed E-state index contributed by atoms with van der Waals surface area (Å²) in [5, 5.41) is 26.0. The third kappa shape index (κ3) is 6.37. The van der Waals surface area contributed by atoms with E-state index in [0.717, 1.165) is 0 Å². The number of amides is 2.